The minimum absolute atomic E-state index is 0.181. The number of sulfone groups is 1. The van der Waals surface area contributed by atoms with E-state index >= 15 is 0 Å². The van der Waals surface area contributed by atoms with Gasteiger partial charge in [0.05, 0.1) is 11.0 Å². The molecule has 0 spiro atoms. The van der Waals surface area contributed by atoms with Gasteiger partial charge in [-0.1, -0.05) is 13.3 Å². The standard InChI is InChI=1S/C11H25NO2S/c1-5-11(3)15(13,14)9-7-6-8-10(2)12-4/h10-12H,5-9H2,1-4H3. The molecule has 0 aromatic carbocycles. The van der Waals surface area contributed by atoms with Crippen molar-refractivity contribution in [3.8, 4) is 0 Å². The fourth-order valence-corrected chi connectivity index (χ4v) is 2.87. The van der Waals surface area contributed by atoms with Crippen LogP contribution in [0, 0.1) is 0 Å². The van der Waals surface area contributed by atoms with Crippen molar-refractivity contribution in [3.05, 3.63) is 0 Å². The van der Waals surface area contributed by atoms with Gasteiger partial charge in [-0.3, -0.25) is 0 Å². The molecular weight excluding hydrogens is 210 g/mol. The van der Waals surface area contributed by atoms with E-state index < -0.39 is 9.84 Å². The number of unbranched alkanes of at least 4 members (excludes halogenated alkanes) is 1. The van der Waals surface area contributed by atoms with E-state index in [0.717, 1.165) is 25.7 Å². The number of hydrogen-bond acceptors (Lipinski definition) is 3. The number of rotatable bonds is 8. The van der Waals surface area contributed by atoms with Gasteiger partial charge in [0.15, 0.2) is 9.84 Å². The summed E-state index contributed by atoms with van der Waals surface area (Å²) in [5.41, 5.74) is 0. The Bertz CT molecular complexity index is 249. The van der Waals surface area contributed by atoms with Crippen LogP contribution in [0.25, 0.3) is 0 Å². The molecule has 0 aromatic rings. The molecule has 0 aromatic heterocycles. The quantitative estimate of drug-likeness (QED) is 0.654. The van der Waals surface area contributed by atoms with Gasteiger partial charge in [-0.05, 0) is 40.2 Å². The highest BCUT2D eigenvalue weighted by Gasteiger charge is 2.17. The van der Waals surface area contributed by atoms with Crippen LogP contribution in [0.15, 0.2) is 0 Å². The first-order valence-electron chi connectivity index (χ1n) is 5.82. The van der Waals surface area contributed by atoms with Crippen LogP contribution < -0.4 is 5.32 Å². The van der Waals surface area contributed by atoms with Crippen LogP contribution >= 0.6 is 0 Å². The summed E-state index contributed by atoms with van der Waals surface area (Å²) < 4.78 is 23.3. The molecule has 1 N–H and O–H groups in total. The van der Waals surface area contributed by atoms with Crippen LogP contribution in [0.3, 0.4) is 0 Å². The molecule has 0 heterocycles. The van der Waals surface area contributed by atoms with Crippen molar-refractivity contribution >= 4 is 9.84 Å². The van der Waals surface area contributed by atoms with Gasteiger partial charge in [-0.15, -0.1) is 0 Å². The van der Waals surface area contributed by atoms with Crippen molar-refractivity contribution in [1.82, 2.24) is 5.32 Å². The first-order valence-corrected chi connectivity index (χ1v) is 7.54. The van der Waals surface area contributed by atoms with Crippen molar-refractivity contribution in [2.24, 2.45) is 0 Å². The average molecular weight is 235 g/mol. The summed E-state index contributed by atoms with van der Waals surface area (Å²) >= 11 is 0. The van der Waals surface area contributed by atoms with Crippen molar-refractivity contribution in [2.75, 3.05) is 12.8 Å². The number of nitrogens with one attached hydrogen (secondary N) is 1. The minimum atomic E-state index is -2.84. The highest BCUT2D eigenvalue weighted by molar-refractivity contribution is 7.91. The second-order valence-electron chi connectivity index (χ2n) is 4.27. The molecule has 3 nitrogen and oxygen atoms in total. The van der Waals surface area contributed by atoms with Crippen molar-refractivity contribution in [2.45, 2.75) is 57.7 Å². The predicted octanol–water partition coefficient (Wildman–Crippen LogP) is 1.98. The molecule has 0 fully saturated rings. The molecule has 0 saturated heterocycles. The van der Waals surface area contributed by atoms with E-state index in [1.165, 1.54) is 0 Å². The van der Waals surface area contributed by atoms with E-state index in [1.807, 2.05) is 14.0 Å². The normalized spacial score (nSPS) is 16.3. The molecule has 0 saturated carbocycles. The zero-order valence-corrected chi connectivity index (χ0v) is 11.2. The summed E-state index contributed by atoms with van der Waals surface area (Å²) in [6, 6.07) is 0.483. The third-order valence-corrected chi connectivity index (χ3v) is 5.41. The molecule has 0 aliphatic rings. The van der Waals surface area contributed by atoms with E-state index in [2.05, 4.69) is 12.2 Å². The van der Waals surface area contributed by atoms with Gasteiger partial charge in [-0.2, -0.15) is 0 Å². The molecule has 0 bridgehead atoms. The Hall–Kier alpha value is -0.0900. The molecule has 92 valence electrons. The maximum atomic E-state index is 11.7. The lowest BCUT2D eigenvalue weighted by Crippen LogP contribution is -2.22. The molecule has 0 aliphatic carbocycles. The fraction of sp³-hybridized carbons (Fsp3) is 1.00. The van der Waals surface area contributed by atoms with Crippen molar-refractivity contribution < 1.29 is 8.42 Å². The van der Waals surface area contributed by atoms with E-state index in [-0.39, 0.29) is 5.25 Å². The van der Waals surface area contributed by atoms with Crippen LogP contribution in [0.2, 0.25) is 0 Å². The highest BCUT2D eigenvalue weighted by Crippen LogP contribution is 2.10. The van der Waals surface area contributed by atoms with Gasteiger partial charge in [0.1, 0.15) is 0 Å². The average Bonchev–Trinajstić information content (AvgIpc) is 2.22. The van der Waals surface area contributed by atoms with Crippen LogP contribution in [0.5, 0.6) is 0 Å². The molecule has 15 heavy (non-hydrogen) atoms. The zero-order chi connectivity index (χ0) is 11.9. The van der Waals surface area contributed by atoms with Crippen LogP contribution in [0.1, 0.15) is 46.5 Å². The Kier molecular flexibility index (Phi) is 7.18. The Morgan fingerprint density at radius 3 is 2.27 bits per heavy atom. The van der Waals surface area contributed by atoms with Gasteiger partial charge >= 0.3 is 0 Å². The van der Waals surface area contributed by atoms with Crippen molar-refractivity contribution in [1.29, 1.82) is 0 Å². The molecular formula is C11H25NO2S. The zero-order valence-electron chi connectivity index (χ0n) is 10.4. The summed E-state index contributed by atoms with van der Waals surface area (Å²) in [6.07, 6.45) is 3.54. The van der Waals surface area contributed by atoms with Gasteiger partial charge in [0, 0.05) is 6.04 Å². The molecule has 2 atom stereocenters. The first-order chi connectivity index (χ1) is 6.94. The lowest BCUT2D eigenvalue weighted by atomic mass is 10.1. The topological polar surface area (TPSA) is 46.2 Å². The predicted molar refractivity (Wildman–Crippen MR) is 65.9 cm³/mol. The maximum absolute atomic E-state index is 11.7. The van der Waals surface area contributed by atoms with E-state index in [0.29, 0.717) is 11.8 Å². The fourth-order valence-electron chi connectivity index (χ4n) is 1.35. The summed E-state index contributed by atoms with van der Waals surface area (Å²) in [7, 11) is -0.904. The lowest BCUT2D eigenvalue weighted by molar-refractivity contribution is 0.531. The third kappa shape index (κ3) is 6.15. The van der Waals surface area contributed by atoms with Crippen LogP contribution in [0.4, 0.5) is 0 Å². The second kappa shape index (κ2) is 7.23. The Morgan fingerprint density at radius 1 is 1.20 bits per heavy atom. The molecule has 0 rings (SSSR count). The van der Waals surface area contributed by atoms with Crippen LogP contribution in [-0.4, -0.2) is 32.5 Å². The lowest BCUT2D eigenvalue weighted by Gasteiger charge is -2.12. The Balaban J connectivity index is 3.77. The maximum Gasteiger partial charge on any atom is 0.152 e. The Morgan fingerprint density at radius 2 is 1.80 bits per heavy atom. The number of hydrogen-bond donors (Lipinski definition) is 1. The van der Waals surface area contributed by atoms with Gasteiger partial charge in [-0.25, -0.2) is 8.42 Å². The van der Waals surface area contributed by atoms with E-state index in [4.69, 9.17) is 0 Å². The molecule has 4 heteroatoms. The monoisotopic (exact) mass is 235 g/mol. The highest BCUT2D eigenvalue weighted by atomic mass is 32.2. The largest absolute Gasteiger partial charge is 0.317 e. The van der Waals surface area contributed by atoms with Gasteiger partial charge in [0.2, 0.25) is 0 Å². The summed E-state index contributed by atoms with van der Waals surface area (Å²) in [4.78, 5) is 0. The van der Waals surface area contributed by atoms with E-state index in [9.17, 15) is 8.42 Å². The Labute approximate surface area is 94.6 Å². The van der Waals surface area contributed by atoms with Gasteiger partial charge < -0.3 is 5.32 Å². The summed E-state index contributed by atoms with van der Waals surface area (Å²) in [6.45, 7) is 5.83. The smallest absolute Gasteiger partial charge is 0.152 e. The van der Waals surface area contributed by atoms with Crippen molar-refractivity contribution in [3.63, 3.8) is 0 Å². The van der Waals surface area contributed by atoms with E-state index in [1.54, 1.807) is 6.92 Å². The minimum Gasteiger partial charge on any atom is -0.317 e. The third-order valence-electron chi connectivity index (χ3n) is 3.00. The van der Waals surface area contributed by atoms with Gasteiger partial charge in [0.25, 0.3) is 0 Å². The second-order valence-corrected chi connectivity index (χ2v) is 6.81. The first kappa shape index (κ1) is 14.9. The molecule has 0 amide bonds. The molecule has 0 aliphatic heterocycles. The molecule has 2 unspecified atom stereocenters. The molecule has 0 radical (unpaired) electrons. The van der Waals surface area contributed by atoms with Crippen LogP contribution in [-0.2, 0) is 9.84 Å². The summed E-state index contributed by atoms with van der Waals surface area (Å²) in [5, 5.41) is 2.97. The summed E-state index contributed by atoms with van der Waals surface area (Å²) in [5.74, 6) is 0.346. The SMILES string of the molecule is CCC(C)S(=O)(=O)CCCCC(C)NC.